The molecule has 0 radical (unpaired) electrons. The number of rotatable bonds is 11. The quantitative estimate of drug-likeness (QED) is 0.134. The van der Waals surface area contributed by atoms with E-state index in [-0.39, 0.29) is 11.1 Å². The molecule has 6 heteroatoms. The number of aromatic carboxylic acids is 2. The Bertz CT molecular complexity index is 4540. The Hall–Kier alpha value is -10.8. The zero-order valence-electron chi connectivity index (χ0n) is 42.9. The van der Waals surface area contributed by atoms with Gasteiger partial charge in [0, 0.05) is 22.3 Å². The minimum atomic E-state index is -1.05. The standard InChI is InChI=1S/C74H46O6/c75-73(76)57-31-35-67(65(43-57)55-25-23-45-11-1-3-15-49(45)39-55)79-69-37-29-53-41-51(61-21-9-17-47-13-5-7-19-59(47)61)27-33-63(53)71(69)72-64-34-28-52(62-22-10-18-48-14-6-8-20-60(48)62)42-54(64)30-38-70(72)80-68-36-32-58(74(77)78)44-66(68)56-26-24-46-12-2-4-16-50(46)40-56/h1-44H,(H,75,76)(H,77,78). The van der Waals surface area contributed by atoms with Crippen LogP contribution in [0.4, 0.5) is 0 Å². The lowest BCUT2D eigenvalue weighted by Gasteiger charge is -2.22. The van der Waals surface area contributed by atoms with Crippen molar-refractivity contribution < 1.29 is 29.3 Å². The predicted octanol–water partition coefficient (Wildman–Crippen LogP) is 19.9. The number of hydrogen-bond donors (Lipinski definition) is 2. The Morgan fingerprint density at radius 1 is 0.250 bits per heavy atom. The Kier molecular flexibility index (Phi) is 11.7. The molecule has 0 aliphatic heterocycles. The summed E-state index contributed by atoms with van der Waals surface area (Å²) >= 11 is 0. The highest BCUT2D eigenvalue weighted by atomic mass is 16.5. The van der Waals surface area contributed by atoms with Gasteiger partial charge in [0.15, 0.2) is 0 Å². The van der Waals surface area contributed by atoms with Crippen molar-refractivity contribution in [3.8, 4) is 78.6 Å². The first-order chi connectivity index (χ1) is 39.3. The first-order valence-corrected chi connectivity index (χ1v) is 26.5. The third-order valence-electron chi connectivity index (χ3n) is 15.4. The van der Waals surface area contributed by atoms with Gasteiger partial charge in [0.1, 0.15) is 23.0 Å². The van der Waals surface area contributed by atoms with Crippen LogP contribution in [0.25, 0.3) is 120 Å². The molecule has 0 saturated heterocycles. The first-order valence-electron chi connectivity index (χ1n) is 26.5. The van der Waals surface area contributed by atoms with Gasteiger partial charge in [0.2, 0.25) is 0 Å². The monoisotopic (exact) mass is 1030 g/mol. The van der Waals surface area contributed by atoms with Gasteiger partial charge in [-0.1, -0.05) is 194 Å². The van der Waals surface area contributed by atoms with Gasteiger partial charge in [-0.25, -0.2) is 9.59 Å². The SMILES string of the molecule is O=C(O)c1ccc(Oc2ccc3cc(-c4cccc5ccccc45)ccc3c2-c2c(Oc3ccc(C(=O)O)cc3-c3ccc4ccccc4c3)ccc3cc(-c4cccc5ccccc45)ccc23)c(-c2ccc3ccccc3c2)c1. The van der Waals surface area contributed by atoms with E-state index in [1.165, 1.54) is 0 Å². The van der Waals surface area contributed by atoms with Crippen molar-refractivity contribution >= 4 is 76.6 Å². The Labute approximate surface area is 460 Å². The van der Waals surface area contributed by atoms with Crippen LogP contribution in [0.3, 0.4) is 0 Å². The summed E-state index contributed by atoms with van der Waals surface area (Å²) in [6.07, 6.45) is 0. The summed E-state index contributed by atoms with van der Waals surface area (Å²) in [5, 5.41) is 33.1. The fourth-order valence-corrected chi connectivity index (χ4v) is 11.5. The molecule has 378 valence electrons. The van der Waals surface area contributed by atoms with E-state index in [2.05, 4.69) is 158 Å². The third kappa shape index (κ3) is 8.58. The molecule has 14 aromatic rings. The molecule has 0 aliphatic rings. The molecule has 0 spiro atoms. The molecule has 0 aliphatic carbocycles. The summed E-state index contributed by atoms with van der Waals surface area (Å²) in [6, 6.07) is 89.2. The maximum Gasteiger partial charge on any atom is 0.335 e. The normalized spacial score (nSPS) is 11.4. The van der Waals surface area contributed by atoms with Gasteiger partial charge in [-0.05, 0) is 171 Å². The second-order valence-electron chi connectivity index (χ2n) is 20.2. The van der Waals surface area contributed by atoms with E-state index in [4.69, 9.17) is 9.47 Å². The average molecular weight is 1030 g/mol. The average Bonchev–Trinajstić information content (AvgIpc) is 3.68. The summed E-state index contributed by atoms with van der Waals surface area (Å²) in [6.45, 7) is 0. The molecule has 0 atom stereocenters. The maximum atomic E-state index is 12.7. The second kappa shape index (κ2) is 19.6. The molecular formula is C74H46O6. The zero-order valence-corrected chi connectivity index (χ0v) is 42.9. The van der Waals surface area contributed by atoms with Crippen LogP contribution in [0.15, 0.2) is 267 Å². The minimum Gasteiger partial charge on any atom is -0.478 e. The fraction of sp³-hybridized carbons (Fsp3) is 0. The van der Waals surface area contributed by atoms with Crippen molar-refractivity contribution in [1.29, 1.82) is 0 Å². The van der Waals surface area contributed by atoms with Crippen molar-refractivity contribution in [3.05, 3.63) is 278 Å². The number of carboxylic acids is 2. The Morgan fingerprint density at radius 3 is 1.02 bits per heavy atom. The molecule has 0 unspecified atom stereocenters. The number of hydrogen-bond acceptors (Lipinski definition) is 4. The largest absolute Gasteiger partial charge is 0.478 e. The van der Waals surface area contributed by atoms with Gasteiger partial charge in [-0.3, -0.25) is 0 Å². The number of fused-ring (bicyclic) bond motifs is 6. The molecule has 80 heavy (non-hydrogen) atoms. The van der Waals surface area contributed by atoms with E-state index >= 15 is 0 Å². The van der Waals surface area contributed by atoms with Crippen LogP contribution in [0.1, 0.15) is 20.7 Å². The smallest absolute Gasteiger partial charge is 0.335 e. The molecule has 0 fully saturated rings. The number of carboxylic acid groups (broad SMARTS) is 2. The van der Waals surface area contributed by atoms with E-state index in [1.807, 2.05) is 72.8 Å². The number of benzene rings is 14. The van der Waals surface area contributed by atoms with Crippen molar-refractivity contribution in [2.45, 2.75) is 0 Å². The summed E-state index contributed by atoms with van der Waals surface area (Å²) < 4.78 is 14.7. The lowest BCUT2D eigenvalue weighted by molar-refractivity contribution is 0.0686. The van der Waals surface area contributed by atoms with Crippen molar-refractivity contribution in [2.75, 3.05) is 0 Å². The summed E-state index contributed by atoms with van der Waals surface area (Å²) in [5.74, 6) is -0.165. The molecule has 6 nitrogen and oxygen atoms in total. The predicted molar refractivity (Wildman–Crippen MR) is 326 cm³/mol. The van der Waals surface area contributed by atoms with Crippen LogP contribution in [0.5, 0.6) is 23.0 Å². The van der Waals surface area contributed by atoms with Crippen molar-refractivity contribution in [2.24, 2.45) is 0 Å². The van der Waals surface area contributed by atoms with Gasteiger partial charge in [0.25, 0.3) is 0 Å². The van der Waals surface area contributed by atoms with Gasteiger partial charge >= 0.3 is 11.9 Å². The topological polar surface area (TPSA) is 93.1 Å². The molecular weight excluding hydrogens is 985 g/mol. The van der Waals surface area contributed by atoms with Gasteiger partial charge < -0.3 is 19.7 Å². The fourth-order valence-electron chi connectivity index (χ4n) is 11.5. The maximum absolute atomic E-state index is 12.7. The van der Waals surface area contributed by atoms with E-state index in [1.54, 1.807) is 36.4 Å². The summed E-state index contributed by atoms with van der Waals surface area (Å²) in [7, 11) is 0. The number of ether oxygens (including phenoxy) is 2. The second-order valence-corrected chi connectivity index (χ2v) is 20.2. The lowest BCUT2D eigenvalue weighted by atomic mass is 9.89. The molecule has 0 bridgehead atoms. The molecule has 2 N–H and O–H groups in total. The highest BCUT2D eigenvalue weighted by Crippen LogP contribution is 2.51. The van der Waals surface area contributed by atoms with E-state index < -0.39 is 11.9 Å². The van der Waals surface area contributed by atoms with Gasteiger partial charge in [0.05, 0.1) is 11.1 Å². The van der Waals surface area contributed by atoms with Crippen LogP contribution in [-0.4, -0.2) is 22.2 Å². The number of carbonyl (C=O) groups is 2. The Balaban J connectivity index is 1.03. The molecule has 14 aromatic carbocycles. The Morgan fingerprint density at radius 2 is 0.588 bits per heavy atom. The third-order valence-corrected chi connectivity index (χ3v) is 15.4. The highest BCUT2D eigenvalue weighted by Gasteiger charge is 2.24. The molecule has 0 amide bonds. The van der Waals surface area contributed by atoms with Gasteiger partial charge in [-0.15, -0.1) is 0 Å². The van der Waals surface area contributed by atoms with Crippen LogP contribution in [0, 0.1) is 0 Å². The summed E-state index contributed by atoms with van der Waals surface area (Å²) in [5.41, 5.74) is 8.85. The van der Waals surface area contributed by atoms with Crippen LogP contribution < -0.4 is 9.47 Å². The van der Waals surface area contributed by atoms with Crippen LogP contribution in [0.2, 0.25) is 0 Å². The van der Waals surface area contributed by atoms with E-state index in [0.29, 0.717) is 34.1 Å². The van der Waals surface area contributed by atoms with Crippen LogP contribution >= 0.6 is 0 Å². The van der Waals surface area contributed by atoms with Crippen LogP contribution in [-0.2, 0) is 0 Å². The zero-order chi connectivity index (χ0) is 53.8. The highest BCUT2D eigenvalue weighted by molar-refractivity contribution is 6.12. The molecule has 0 saturated carbocycles. The van der Waals surface area contributed by atoms with Crippen molar-refractivity contribution in [1.82, 2.24) is 0 Å². The molecule has 0 aromatic heterocycles. The molecule has 14 rings (SSSR count). The van der Waals surface area contributed by atoms with Gasteiger partial charge in [-0.2, -0.15) is 0 Å². The first kappa shape index (κ1) is 47.6. The lowest BCUT2D eigenvalue weighted by Crippen LogP contribution is -2.00. The molecule has 0 heterocycles. The summed E-state index contributed by atoms with van der Waals surface area (Å²) in [4.78, 5) is 25.4. The van der Waals surface area contributed by atoms with Crippen molar-refractivity contribution in [3.63, 3.8) is 0 Å². The van der Waals surface area contributed by atoms with E-state index in [9.17, 15) is 19.8 Å². The van der Waals surface area contributed by atoms with E-state index in [0.717, 1.165) is 109 Å². The minimum absolute atomic E-state index is 0.128.